The molecule has 1 aliphatic rings. The van der Waals surface area contributed by atoms with Crippen molar-refractivity contribution in [3.63, 3.8) is 0 Å². The van der Waals surface area contributed by atoms with Gasteiger partial charge in [-0.05, 0) is 30.9 Å². The molecule has 0 bridgehead atoms. The lowest BCUT2D eigenvalue weighted by Gasteiger charge is -2.26. The SMILES string of the molecule is COc1ccccc1OCC(O)(CN)C1CC1. The van der Waals surface area contributed by atoms with Gasteiger partial charge in [0.1, 0.15) is 12.2 Å². The third-order valence-electron chi connectivity index (χ3n) is 3.24. The Hall–Kier alpha value is -1.26. The standard InChI is InChI=1S/C13H19NO3/c1-16-11-4-2-3-5-12(11)17-9-13(15,8-14)10-6-7-10/h2-5,10,15H,6-9,14H2,1H3. The molecule has 3 N–H and O–H groups in total. The molecule has 1 aliphatic carbocycles. The number of hydrogen-bond acceptors (Lipinski definition) is 4. The predicted octanol–water partition coefficient (Wildman–Crippen LogP) is 1.17. The molecule has 2 rings (SSSR count). The van der Waals surface area contributed by atoms with Crippen molar-refractivity contribution in [1.82, 2.24) is 0 Å². The minimum absolute atomic E-state index is 0.217. The molecule has 1 atom stereocenters. The molecule has 17 heavy (non-hydrogen) atoms. The maximum Gasteiger partial charge on any atom is 0.161 e. The van der Waals surface area contributed by atoms with Crippen molar-refractivity contribution in [2.75, 3.05) is 20.3 Å². The molecule has 0 saturated heterocycles. The van der Waals surface area contributed by atoms with E-state index in [1.165, 1.54) is 0 Å². The van der Waals surface area contributed by atoms with E-state index in [9.17, 15) is 5.11 Å². The van der Waals surface area contributed by atoms with Gasteiger partial charge in [0.2, 0.25) is 0 Å². The van der Waals surface area contributed by atoms with Crippen LogP contribution < -0.4 is 15.2 Å². The Morgan fingerprint density at radius 1 is 1.35 bits per heavy atom. The lowest BCUT2D eigenvalue weighted by atomic mass is 9.99. The number of aliphatic hydroxyl groups is 1. The fraction of sp³-hybridized carbons (Fsp3) is 0.538. The molecular weight excluding hydrogens is 218 g/mol. The van der Waals surface area contributed by atoms with Crippen LogP contribution in [0.1, 0.15) is 12.8 Å². The summed E-state index contributed by atoms with van der Waals surface area (Å²) < 4.78 is 10.8. The van der Waals surface area contributed by atoms with Crippen LogP contribution in [0.15, 0.2) is 24.3 Å². The highest BCUT2D eigenvalue weighted by atomic mass is 16.5. The monoisotopic (exact) mass is 237 g/mol. The van der Waals surface area contributed by atoms with Gasteiger partial charge < -0.3 is 20.3 Å². The van der Waals surface area contributed by atoms with Crippen LogP contribution in [0, 0.1) is 5.92 Å². The number of ether oxygens (including phenoxy) is 2. The van der Waals surface area contributed by atoms with Crippen LogP contribution in [0.5, 0.6) is 11.5 Å². The molecule has 1 aromatic carbocycles. The van der Waals surface area contributed by atoms with Gasteiger partial charge in [-0.2, -0.15) is 0 Å². The van der Waals surface area contributed by atoms with E-state index in [4.69, 9.17) is 15.2 Å². The Kier molecular flexibility index (Phi) is 3.54. The van der Waals surface area contributed by atoms with Crippen molar-refractivity contribution >= 4 is 0 Å². The first-order valence-corrected chi connectivity index (χ1v) is 5.88. The third kappa shape index (κ3) is 2.70. The van der Waals surface area contributed by atoms with Gasteiger partial charge in [-0.3, -0.25) is 0 Å². The van der Waals surface area contributed by atoms with Gasteiger partial charge in [0.25, 0.3) is 0 Å². The fourth-order valence-corrected chi connectivity index (χ4v) is 1.90. The molecule has 1 saturated carbocycles. The molecule has 1 aromatic rings. The minimum atomic E-state index is -0.902. The van der Waals surface area contributed by atoms with Gasteiger partial charge in [-0.15, -0.1) is 0 Å². The lowest BCUT2D eigenvalue weighted by molar-refractivity contribution is -0.0168. The Morgan fingerprint density at radius 3 is 2.53 bits per heavy atom. The van der Waals surface area contributed by atoms with Crippen LogP contribution in [-0.4, -0.2) is 31.0 Å². The molecule has 0 spiro atoms. The van der Waals surface area contributed by atoms with Crippen LogP contribution in [0.3, 0.4) is 0 Å². The average Bonchev–Trinajstić information content (AvgIpc) is 3.21. The van der Waals surface area contributed by atoms with Crippen molar-refractivity contribution in [3.05, 3.63) is 24.3 Å². The maximum atomic E-state index is 10.3. The van der Waals surface area contributed by atoms with Crippen LogP contribution >= 0.6 is 0 Å². The van der Waals surface area contributed by atoms with E-state index >= 15 is 0 Å². The van der Waals surface area contributed by atoms with E-state index in [0.29, 0.717) is 11.5 Å². The maximum absolute atomic E-state index is 10.3. The fourth-order valence-electron chi connectivity index (χ4n) is 1.90. The molecule has 4 nitrogen and oxygen atoms in total. The number of hydrogen-bond donors (Lipinski definition) is 2. The molecule has 0 aliphatic heterocycles. The smallest absolute Gasteiger partial charge is 0.161 e. The molecule has 0 aromatic heterocycles. The average molecular weight is 237 g/mol. The highest BCUT2D eigenvalue weighted by Gasteiger charge is 2.43. The molecular formula is C13H19NO3. The summed E-state index contributed by atoms with van der Waals surface area (Å²) in [6, 6.07) is 7.40. The van der Waals surface area contributed by atoms with Crippen LogP contribution in [0.4, 0.5) is 0 Å². The van der Waals surface area contributed by atoms with Gasteiger partial charge in [-0.1, -0.05) is 12.1 Å². The molecule has 0 amide bonds. The van der Waals surface area contributed by atoms with Crippen molar-refractivity contribution < 1.29 is 14.6 Å². The van der Waals surface area contributed by atoms with Crippen molar-refractivity contribution in [1.29, 1.82) is 0 Å². The normalized spacial score (nSPS) is 18.5. The second-order valence-corrected chi connectivity index (χ2v) is 4.52. The zero-order valence-corrected chi connectivity index (χ0v) is 10.1. The van der Waals surface area contributed by atoms with Crippen molar-refractivity contribution in [2.24, 2.45) is 11.7 Å². The summed E-state index contributed by atoms with van der Waals surface area (Å²) in [6.45, 7) is 0.446. The molecule has 1 unspecified atom stereocenters. The van der Waals surface area contributed by atoms with E-state index in [2.05, 4.69) is 0 Å². The Balaban J connectivity index is 2.01. The number of methoxy groups -OCH3 is 1. The second-order valence-electron chi connectivity index (χ2n) is 4.52. The number of nitrogens with two attached hydrogens (primary N) is 1. The van der Waals surface area contributed by atoms with Crippen LogP contribution in [0.25, 0.3) is 0 Å². The third-order valence-corrected chi connectivity index (χ3v) is 3.24. The van der Waals surface area contributed by atoms with Gasteiger partial charge in [0.15, 0.2) is 11.5 Å². The van der Waals surface area contributed by atoms with Crippen LogP contribution in [-0.2, 0) is 0 Å². The summed E-state index contributed by atoms with van der Waals surface area (Å²) in [4.78, 5) is 0. The lowest BCUT2D eigenvalue weighted by Crippen LogP contribution is -2.45. The number of benzene rings is 1. The van der Waals surface area contributed by atoms with E-state index in [1.54, 1.807) is 7.11 Å². The summed E-state index contributed by atoms with van der Waals surface area (Å²) in [5.41, 5.74) is 4.72. The summed E-state index contributed by atoms with van der Waals surface area (Å²) in [6.07, 6.45) is 2.06. The molecule has 1 fully saturated rings. The zero-order valence-electron chi connectivity index (χ0n) is 10.1. The van der Waals surface area contributed by atoms with Gasteiger partial charge in [-0.25, -0.2) is 0 Å². The largest absolute Gasteiger partial charge is 0.493 e. The first-order chi connectivity index (χ1) is 8.19. The summed E-state index contributed by atoms with van der Waals surface area (Å²) in [7, 11) is 1.60. The molecule has 94 valence electrons. The molecule has 0 heterocycles. The zero-order chi connectivity index (χ0) is 12.3. The van der Waals surface area contributed by atoms with E-state index in [-0.39, 0.29) is 19.1 Å². The topological polar surface area (TPSA) is 64.7 Å². The highest BCUT2D eigenvalue weighted by molar-refractivity contribution is 5.39. The van der Waals surface area contributed by atoms with E-state index in [0.717, 1.165) is 12.8 Å². The quantitative estimate of drug-likeness (QED) is 0.779. The van der Waals surface area contributed by atoms with E-state index < -0.39 is 5.60 Å². The Labute approximate surface area is 101 Å². The van der Waals surface area contributed by atoms with Crippen LogP contribution in [0.2, 0.25) is 0 Å². The summed E-state index contributed by atoms with van der Waals surface area (Å²) in [5, 5.41) is 10.3. The van der Waals surface area contributed by atoms with Crippen molar-refractivity contribution in [2.45, 2.75) is 18.4 Å². The number of rotatable bonds is 6. The first kappa shape index (κ1) is 12.2. The molecule has 0 radical (unpaired) electrons. The van der Waals surface area contributed by atoms with Gasteiger partial charge in [0, 0.05) is 6.54 Å². The van der Waals surface area contributed by atoms with Crippen molar-refractivity contribution in [3.8, 4) is 11.5 Å². The minimum Gasteiger partial charge on any atom is -0.493 e. The first-order valence-electron chi connectivity index (χ1n) is 5.88. The summed E-state index contributed by atoms with van der Waals surface area (Å²) in [5.74, 6) is 1.59. The number of para-hydroxylation sites is 2. The Bertz CT molecular complexity index is 379. The second kappa shape index (κ2) is 4.94. The van der Waals surface area contributed by atoms with Gasteiger partial charge >= 0.3 is 0 Å². The highest BCUT2D eigenvalue weighted by Crippen LogP contribution is 2.40. The summed E-state index contributed by atoms with van der Waals surface area (Å²) >= 11 is 0. The Morgan fingerprint density at radius 2 is 2.00 bits per heavy atom. The predicted molar refractivity (Wildman–Crippen MR) is 65.2 cm³/mol. The van der Waals surface area contributed by atoms with Gasteiger partial charge in [0.05, 0.1) is 7.11 Å². The van der Waals surface area contributed by atoms with E-state index in [1.807, 2.05) is 24.3 Å². The molecule has 4 heteroatoms.